The van der Waals surface area contributed by atoms with Crippen molar-refractivity contribution in [2.45, 2.75) is 19.9 Å². The van der Waals surface area contributed by atoms with Crippen molar-refractivity contribution in [3.05, 3.63) is 96.1 Å². The molecule has 0 radical (unpaired) electrons. The van der Waals surface area contributed by atoms with Gasteiger partial charge in [0, 0.05) is 24.6 Å². The lowest BCUT2D eigenvalue weighted by Crippen LogP contribution is -3.00. The summed E-state index contributed by atoms with van der Waals surface area (Å²) >= 11 is 0. The van der Waals surface area contributed by atoms with Gasteiger partial charge in [0.15, 0.2) is 24.4 Å². The van der Waals surface area contributed by atoms with Gasteiger partial charge in [-0.05, 0) is 17.7 Å². The van der Waals surface area contributed by atoms with Gasteiger partial charge in [-0.3, -0.25) is 9.53 Å². The highest BCUT2D eigenvalue weighted by molar-refractivity contribution is 5.96. The zero-order valence-electron chi connectivity index (χ0n) is 15.6. The quantitative estimate of drug-likeness (QED) is 0.130. The summed E-state index contributed by atoms with van der Waals surface area (Å²) in [6.07, 6.45) is 7.19. The summed E-state index contributed by atoms with van der Waals surface area (Å²) in [5.41, 5.74) is 2.36. The molecule has 0 aliphatic carbocycles. The summed E-state index contributed by atoms with van der Waals surface area (Å²) in [7, 11) is 0. The predicted molar refractivity (Wildman–Crippen MR) is 98.2 cm³/mol. The molecule has 29 heavy (non-hydrogen) atoms. The van der Waals surface area contributed by atoms with Gasteiger partial charge in [0.05, 0.1) is 5.56 Å². The number of carbonyl (C=O) groups excluding carboxylic acids is 1. The first-order chi connectivity index (χ1) is 13.3. The zero-order valence-corrected chi connectivity index (χ0v) is 17.1. The normalized spacial score (nSPS) is 10.2. The van der Waals surface area contributed by atoms with Crippen LogP contribution in [0.25, 0.3) is 0 Å². The Morgan fingerprint density at radius 3 is 2.48 bits per heavy atom. The van der Waals surface area contributed by atoms with Crippen LogP contribution < -0.4 is 33.9 Å². The number of Topliss-reactive ketones (excluding diaryl/α,β-unsaturated/α-hetero) is 1. The molecule has 1 N–H and O–H groups in total. The van der Waals surface area contributed by atoms with Crippen LogP contribution in [0.5, 0.6) is 0 Å². The molecule has 0 aliphatic heterocycles. The fourth-order valence-electron chi connectivity index (χ4n) is 2.68. The van der Waals surface area contributed by atoms with E-state index in [0.717, 1.165) is 11.3 Å². The first-order valence-electron chi connectivity index (χ1n) is 8.56. The minimum Gasteiger partial charge on any atom is -1.00 e. The molecule has 152 valence electrons. The average Bonchev–Trinajstić information content (AvgIpc) is 2.70. The molecule has 8 heteroatoms. The molecule has 0 atom stereocenters. The number of aromatic nitrogens is 2. The third-order valence-electron chi connectivity index (χ3n) is 4.02. The Kier molecular flexibility index (Phi) is 10.5. The van der Waals surface area contributed by atoms with E-state index in [1.54, 1.807) is 6.20 Å². The number of hydrogen-bond acceptors (Lipinski definition) is 4. The van der Waals surface area contributed by atoms with Crippen molar-refractivity contribution in [1.82, 2.24) is 0 Å². The minimum absolute atomic E-state index is 0. The lowest BCUT2D eigenvalue weighted by atomic mass is 10.0. The molecule has 0 unspecified atom stereocenters. The second-order valence-electron chi connectivity index (χ2n) is 5.99. The molecule has 2 heterocycles. The Morgan fingerprint density at radius 2 is 1.72 bits per heavy atom. The smallest absolute Gasteiger partial charge is 0.258 e. The average molecular weight is 434 g/mol. The summed E-state index contributed by atoms with van der Waals surface area (Å²) in [4.78, 5) is 12.5. The van der Waals surface area contributed by atoms with Crippen molar-refractivity contribution in [1.29, 1.82) is 0 Å². The Labute approximate surface area is 181 Å². The van der Waals surface area contributed by atoms with Crippen LogP contribution in [0, 0.1) is 0 Å². The van der Waals surface area contributed by atoms with Gasteiger partial charge in [-0.1, -0.05) is 35.5 Å². The SMILES string of the molecule is O=C(Cc1ccccc1)c1ccc[n+](COC[n+]2ccccc2/C=N/O)c1.[Cl-].[Cl-]. The molecular weight excluding hydrogens is 413 g/mol. The molecule has 3 rings (SSSR count). The molecule has 0 saturated carbocycles. The minimum atomic E-state index is 0. The van der Waals surface area contributed by atoms with Gasteiger partial charge in [0.1, 0.15) is 6.21 Å². The number of ether oxygens (including phenoxy) is 1. The molecule has 0 aliphatic rings. The van der Waals surface area contributed by atoms with E-state index in [-0.39, 0.29) is 37.3 Å². The summed E-state index contributed by atoms with van der Waals surface area (Å²) in [6, 6.07) is 18.9. The molecule has 6 nitrogen and oxygen atoms in total. The van der Waals surface area contributed by atoms with Gasteiger partial charge < -0.3 is 30.0 Å². The van der Waals surface area contributed by atoms with Gasteiger partial charge >= 0.3 is 0 Å². The highest BCUT2D eigenvalue weighted by atomic mass is 35.5. The number of carbonyl (C=O) groups is 1. The van der Waals surface area contributed by atoms with E-state index in [1.807, 2.05) is 82.2 Å². The van der Waals surface area contributed by atoms with Gasteiger partial charge in [0.25, 0.3) is 13.5 Å². The number of rotatable bonds is 8. The topological polar surface area (TPSA) is 66.7 Å². The van der Waals surface area contributed by atoms with Crippen LogP contribution in [0.3, 0.4) is 0 Å². The molecule has 2 aromatic heterocycles. The van der Waals surface area contributed by atoms with E-state index in [9.17, 15) is 4.79 Å². The Bertz CT molecular complexity index is 937. The van der Waals surface area contributed by atoms with E-state index < -0.39 is 0 Å². The van der Waals surface area contributed by atoms with E-state index in [4.69, 9.17) is 9.94 Å². The lowest BCUT2D eigenvalue weighted by molar-refractivity contribution is -0.788. The van der Waals surface area contributed by atoms with Crippen molar-refractivity contribution < 1.29 is 48.7 Å². The summed E-state index contributed by atoms with van der Waals surface area (Å²) in [6.45, 7) is 0.585. The largest absolute Gasteiger partial charge is 1.00 e. The summed E-state index contributed by atoms with van der Waals surface area (Å²) in [5.74, 6) is 0.0643. The highest BCUT2D eigenvalue weighted by Crippen LogP contribution is 2.05. The molecule has 1 aromatic carbocycles. The van der Waals surface area contributed by atoms with Crippen molar-refractivity contribution in [3.63, 3.8) is 0 Å². The van der Waals surface area contributed by atoms with Crippen molar-refractivity contribution in [2.75, 3.05) is 0 Å². The monoisotopic (exact) mass is 433 g/mol. The summed E-state index contributed by atoms with van der Waals surface area (Å²) in [5, 5.41) is 11.8. The molecule has 0 amide bonds. The molecule has 0 saturated heterocycles. The Morgan fingerprint density at radius 1 is 0.966 bits per heavy atom. The highest BCUT2D eigenvalue weighted by Gasteiger charge is 2.13. The first kappa shape index (κ1) is 24.2. The molecule has 0 fully saturated rings. The van der Waals surface area contributed by atoms with Crippen LogP contribution >= 0.6 is 0 Å². The van der Waals surface area contributed by atoms with Crippen LogP contribution in [-0.2, 0) is 24.6 Å². The second kappa shape index (κ2) is 12.6. The van der Waals surface area contributed by atoms with Crippen LogP contribution in [0.2, 0.25) is 0 Å². The molecule has 0 spiro atoms. The fourth-order valence-corrected chi connectivity index (χ4v) is 2.68. The van der Waals surface area contributed by atoms with Crippen molar-refractivity contribution in [3.8, 4) is 0 Å². The van der Waals surface area contributed by atoms with Gasteiger partial charge in [-0.25, -0.2) is 0 Å². The predicted octanol–water partition coefficient (Wildman–Crippen LogP) is -3.87. The maximum Gasteiger partial charge on any atom is 0.258 e. The van der Waals surface area contributed by atoms with Crippen LogP contribution in [-0.4, -0.2) is 17.2 Å². The van der Waals surface area contributed by atoms with Crippen molar-refractivity contribution in [2.24, 2.45) is 5.16 Å². The fraction of sp³-hybridized carbons (Fsp3) is 0.143. The maximum absolute atomic E-state index is 12.5. The van der Waals surface area contributed by atoms with Crippen LogP contribution in [0.1, 0.15) is 21.6 Å². The van der Waals surface area contributed by atoms with Gasteiger partial charge in [0.2, 0.25) is 5.69 Å². The standard InChI is InChI=1S/C21H20N3O3.2ClH/c25-21(13-18-7-2-1-3-8-18)19-9-6-11-23(15-19)16-27-17-24-12-5-4-10-20(24)14-22-26;;/h1-12,14-15H,13,16-17H2;2*1H/q+1;;/p-1. The third-order valence-corrected chi connectivity index (χ3v) is 4.02. The van der Waals surface area contributed by atoms with E-state index in [1.165, 1.54) is 6.21 Å². The van der Waals surface area contributed by atoms with Crippen molar-refractivity contribution >= 4 is 12.0 Å². The zero-order chi connectivity index (χ0) is 18.9. The molecule has 0 bridgehead atoms. The van der Waals surface area contributed by atoms with E-state index in [0.29, 0.717) is 18.7 Å². The van der Waals surface area contributed by atoms with Crippen LogP contribution in [0.4, 0.5) is 0 Å². The number of pyridine rings is 2. The molecule has 3 aromatic rings. The molecular formula is C21H21Cl2N3O3. The summed E-state index contributed by atoms with van der Waals surface area (Å²) < 4.78 is 9.35. The number of benzene rings is 1. The van der Waals surface area contributed by atoms with Gasteiger partial charge in [-0.15, -0.1) is 0 Å². The lowest BCUT2D eigenvalue weighted by Gasteiger charge is -2.03. The second-order valence-corrected chi connectivity index (χ2v) is 5.99. The van der Waals surface area contributed by atoms with Gasteiger partial charge in [-0.2, -0.15) is 9.13 Å². The number of oxime groups is 1. The number of ketones is 1. The van der Waals surface area contributed by atoms with E-state index >= 15 is 0 Å². The number of nitrogens with zero attached hydrogens (tertiary/aromatic N) is 3. The third kappa shape index (κ3) is 7.27. The number of hydrogen-bond donors (Lipinski definition) is 1. The maximum atomic E-state index is 12.5. The van der Waals surface area contributed by atoms with E-state index in [2.05, 4.69) is 5.16 Å². The van der Waals surface area contributed by atoms with Crippen LogP contribution in [0.15, 0.2) is 84.4 Å². The first-order valence-corrected chi connectivity index (χ1v) is 8.56. The number of halogens is 2. The Balaban J connectivity index is 0.00000210. The Hall–Kier alpha value is -2.80.